The van der Waals surface area contributed by atoms with Crippen LogP contribution in [0.25, 0.3) is 0 Å². The average molecular weight is 398 g/mol. The van der Waals surface area contributed by atoms with E-state index in [2.05, 4.69) is 10.6 Å². The largest absolute Gasteiger partial charge is 0.493 e. The molecule has 3 N–H and O–H groups in total. The van der Waals surface area contributed by atoms with Gasteiger partial charge in [0.1, 0.15) is 5.75 Å². The van der Waals surface area contributed by atoms with Crippen LogP contribution in [0.3, 0.4) is 0 Å². The third kappa shape index (κ3) is 7.12. The minimum atomic E-state index is -0.846. The van der Waals surface area contributed by atoms with Crippen molar-refractivity contribution in [3.8, 4) is 5.75 Å². The number of benzene rings is 2. The number of hydrogen-bond donors (Lipinski definition) is 3. The highest BCUT2D eigenvalue weighted by Gasteiger charge is 2.14. The van der Waals surface area contributed by atoms with Gasteiger partial charge in [-0.2, -0.15) is 0 Å². The third-order valence-corrected chi connectivity index (χ3v) is 4.75. The predicted octanol–water partition coefficient (Wildman–Crippen LogP) is 4.15. The van der Waals surface area contributed by atoms with Gasteiger partial charge in [0.2, 0.25) is 0 Å². The Morgan fingerprint density at radius 2 is 1.76 bits per heavy atom. The summed E-state index contributed by atoms with van der Waals surface area (Å²) >= 11 is 0. The Labute approximate surface area is 170 Å². The molecule has 0 unspecified atom stereocenters. The Balaban J connectivity index is 1.46. The highest BCUT2D eigenvalue weighted by molar-refractivity contribution is 5.99. The van der Waals surface area contributed by atoms with E-state index < -0.39 is 5.97 Å². The van der Waals surface area contributed by atoms with E-state index in [1.807, 2.05) is 18.2 Å². The number of carboxylic acid groups (broad SMARTS) is 1. The van der Waals surface area contributed by atoms with E-state index in [0.717, 1.165) is 37.4 Å². The first-order chi connectivity index (χ1) is 14.1. The molecule has 1 heterocycles. The topological polar surface area (TPSA) is 96.9 Å². The summed E-state index contributed by atoms with van der Waals surface area (Å²) in [6, 6.07) is 14.1. The number of hydrogen-bond acceptors (Lipinski definition) is 4. The molecule has 0 saturated carbocycles. The molecule has 1 saturated heterocycles. The average Bonchev–Trinajstić information content (AvgIpc) is 2.73. The quantitative estimate of drug-likeness (QED) is 0.621. The highest BCUT2D eigenvalue weighted by Crippen LogP contribution is 2.20. The van der Waals surface area contributed by atoms with Crippen molar-refractivity contribution in [3.05, 3.63) is 54.1 Å². The summed E-state index contributed by atoms with van der Waals surface area (Å²) in [4.78, 5) is 22.9. The van der Waals surface area contributed by atoms with Crippen molar-refractivity contribution in [2.45, 2.75) is 25.7 Å². The molecule has 1 aliphatic rings. The lowest BCUT2D eigenvalue weighted by Gasteiger charge is -2.22. The minimum absolute atomic E-state index is 0.0542. The summed E-state index contributed by atoms with van der Waals surface area (Å²) in [6.07, 6.45) is 2.52. The van der Waals surface area contributed by atoms with Crippen LogP contribution >= 0.6 is 0 Å². The molecule has 2 amide bonds. The Hall–Kier alpha value is -3.06. The SMILES string of the molecule is O=C(O)CCc1cccc(NC(=O)Nc2ccc(OCC3CCOCC3)cc2)c1. The van der Waals surface area contributed by atoms with E-state index in [1.165, 1.54) is 0 Å². The maximum atomic E-state index is 12.2. The van der Waals surface area contributed by atoms with Crippen LogP contribution in [0, 0.1) is 5.92 Å². The van der Waals surface area contributed by atoms with Crippen molar-refractivity contribution in [3.63, 3.8) is 0 Å². The Bertz CT molecular complexity index is 816. The van der Waals surface area contributed by atoms with Gasteiger partial charge in [0, 0.05) is 31.0 Å². The van der Waals surface area contributed by atoms with Crippen molar-refractivity contribution in [1.82, 2.24) is 0 Å². The van der Waals surface area contributed by atoms with E-state index in [0.29, 0.717) is 30.3 Å². The van der Waals surface area contributed by atoms with Crippen LogP contribution in [0.2, 0.25) is 0 Å². The molecule has 0 aromatic heterocycles. The maximum Gasteiger partial charge on any atom is 0.323 e. The Morgan fingerprint density at radius 3 is 2.48 bits per heavy atom. The van der Waals surface area contributed by atoms with Crippen LogP contribution in [-0.4, -0.2) is 36.9 Å². The molecule has 0 atom stereocenters. The molecule has 7 nitrogen and oxygen atoms in total. The molecule has 0 aliphatic carbocycles. The second-order valence-electron chi connectivity index (χ2n) is 7.06. The summed E-state index contributed by atoms with van der Waals surface area (Å²) < 4.78 is 11.2. The number of ether oxygens (including phenoxy) is 2. The van der Waals surface area contributed by atoms with Gasteiger partial charge in [-0.15, -0.1) is 0 Å². The van der Waals surface area contributed by atoms with Crippen LogP contribution < -0.4 is 15.4 Å². The van der Waals surface area contributed by atoms with Gasteiger partial charge in [0.05, 0.1) is 6.61 Å². The monoisotopic (exact) mass is 398 g/mol. The number of anilines is 2. The van der Waals surface area contributed by atoms with Crippen LogP contribution in [0.4, 0.5) is 16.2 Å². The molecule has 0 bridgehead atoms. The summed E-state index contributed by atoms with van der Waals surface area (Å²) in [5.41, 5.74) is 2.13. The Morgan fingerprint density at radius 1 is 1.03 bits per heavy atom. The zero-order valence-corrected chi connectivity index (χ0v) is 16.2. The lowest BCUT2D eigenvalue weighted by Crippen LogP contribution is -2.21. The van der Waals surface area contributed by atoms with Gasteiger partial charge in [-0.3, -0.25) is 4.79 Å². The number of amides is 2. The molecular weight excluding hydrogens is 372 g/mol. The van der Waals surface area contributed by atoms with Gasteiger partial charge in [-0.05, 0) is 67.1 Å². The zero-order chi connectivity index (χ0) is 20.5. The number of carbonyl (C=O) groups is 2. The van der Waals surface area contributed by atoms with Crippen molar-refractivity contribution >= 4 is 23.4 Å². The molecule has 0 radical (unpaired) electrons. The molecule has 0 spiro atoms. The fraction of sp³-hybridized carbons (Fsp3) is 0.364. The van der Waals surface area contributed by atoms with Gasteiger partial charge in [-0.1, -0.05) is 12.1 Å². The molecule has 2 aromatic carbocycles. The Kier molecular flexibility index (Phi) is 7.47. The number of aryl methyl sites for hydroxylation is 1. The normalized spacial score (nSPS) is 14.2. The van der Waals surface area contributed by atoms with Gasteiger partial charge >= 0.3 is 12.0 Å². The van der Waals surface area contributed by atoms with Gasteiger partial charge in [0.15, 0.2) is 0 Å². The molecular formula is C22H26N2O5. The molecule has 2 aromatic rings. The first-order valence-electron chi connectivity index (χ1n) is 9.78. The number of nitrogens with one attached hydrogen (secondary N) is 2. The lowest BCUT2D eigenvalue weighted by atomic mass is 10.0. The van der Waals surface area contributed by atoms with Crippen LogP contribution in [0.15, 0.2) is 48.5 Å². The third-order valence-electron chi connectivity index (χ3n) is 4.75. The first-order valence-corrected chi connectivity index (χ1v) is 9.78. The standard InChI is InChI=1S/C22H26N2O5/c25-21(26)9-4-16-2-1-3-19(14-16)24-22(27)23-18-5-7-20(8-6-18)29-15-17-10-12-28-13-11-17/h1-3,5-8,14,17H,4,9-13,15H2,(H,25,26)(H2,23,24,27). The smallest absolute Gasteiger partial charge is 0.323 e. The highest BCUT2D eigenvalue weighted by atomic mass is 16.5. The van der Waals surface area contributed by atoms with Crippen LogP contribution in [0.1, 0.15) is 24.8 Å². The van der Waals surface area contributed by atoms with Crippen LogP contribution in [-0.2, 0) is 16.0 Å². The summed E-state index contributed by atoms with van der Waals surface area (Å²) in [5, 5.41) is 14.3. The first kappa shape index (κ1) is 20.7. The predicted molar refractivity (Wildman–Crippen MR) is 111 cm³/mol. The number of urea groups is 1. The number of rotatable bonds is 8. The van der Waals surface area contributed by atoms with Crippen molar-refractivity contribution in [2.75, 3.05) is 30.5 Å². The summed E-state index contributed by atoms with van der Waals surface area (Å²) in [5.74, 6) is 0.452. The van der Waals surface area contributed by atoms with Crippen molar-refractivity contribution < 1.29 is 24.2 Å². The molecule has 154 valence electrons. The lowest BCUT2D eigenvalue weighted by molar-refractivity contribution is -0.136. The van der Waals surface area contributed by atoms with E-state index >= 15 is 0 Å². The second-order valence-corrected chi connectivity index (χ2v) is 7.06. The molecule has 1 fully saturated rings. The van der Waals surface area contributed by atoms with Gasteiger partial charge in [0.25, 0.3) is 0 Å². The van der Waals surface area contributed by atoms with Crippen LogP contribution in [0.5, 0.6) is 5.75 Å². The summed E-state index contributed by atoms with van der Waals surface area (Å²) in [6.45, 7) is 2.28. The summed E-state index contributed by atoms with van der Waals surface area (Å²) in [7, 11) is 0. The van der Waals surface area contributed by atoms with Gasteiger partial charge < -0.3 is 25.2 Å². The molecule has 1 aliphatic heterocycles. The number of aliphatic carboxylic acids is 1. The van der Waals surface area contributed by atoms with E-state index in [4.69, 9.17) is 14.6 Å². The van der Waals surface area contributed by atoms with E-state index in [1.54, 1.807) is 30.3 Å². The van der Waals surface area contributed by atoms with Gasteiger partial charge in [-0.25, -0.2) is 4.79 Å². The fourth-order valence-corrected chi connectivity index (χ4v) is 3.11. The van der Waals surface area contributed by atoms with E-state index in [9.17, 15) is 9.59 Å². The fourth-order valence-electron chi connectivity index (χ4n) is 3.11. The molecule has 29 heavy (non-hydrogen) atoms. The molecule has 3 rings (SSSR count). The molecule has 7 heteroatoms. The maximum absolute atomic E-state index is 12.2. The van der Waals surface area contributed by atoms with Crippen molar-refractivity contribution in [1.29, 1.82) is 0 Å². The van der Waals surface area contributed by atoms with Crippen molar-refractivity contribution in [2.24, 2.45) is 5.92 Å². The zero-order valence-electron chi connectivity index (χ0n) is 16.2. The second kappa shape index (κ2) is 10.5. The van der Waals surface area contributed by atoms with E-state index in [-0.39, 0.29) is 12.5 Å². The number of carbonyl (C=O) groups excluding carboxylic acids is 1. The minimum Gasteiger partial charge on any atom is -0.493 e. The number of carboxylic acids is 1.